The summed E-state index contributed by atoms with van der Waals surface area (Å²) >= 11 is 0. The number of allylic oxidation sites excluding steroid dienone is 4. The summed E-state index contributed by atoms with van der Waals surface area (Å²) in [7, 11) is 0. The van der Waals surface area contributed by atoms with E-state index < -0.39 is 0 Å². The quantitative estimate of drug-likeness (QED) is 0.250. The first-order valence-corrected chi connectivity index (χ1v) is 13.1. The zero-order valence-electron chi connectivity index (χ0n) is 20.8. The second-order valence-electron chi connectivity index (χ2n) is 9.85. The van der Waals surface area contributed by atoms with Gasteiger partial charge in [-0.05, 0) is 49.2 Å². The van der Waals surface area contributed by atoms with E-state index in [0.29, 0.717) is 5.95 Å². The Kier molecular flexibility index (Phi) is 4.61. The van der Waals surface area contributed by atoms with Crippen molar-refractivity contribution < 1.29 is 0 Å². The Hall–Kier alpha value is -4.96. The first kappa shape index (κ1) is 21.2. The molecule has 7 aromatic rings. The molecular formula is C34H24N4. The first-order chi connectivity index (χ1) is 18.8. The number of para-hydroxylation sites is 2. The highest BCUT2D eigenvalue weighted by atomic mass is 15.2. The number of hydrogen-bond donors (Lipinski definition) is 0. The number of fused-ring (bicyclic) bond motifs is 5. The van der Waals surface area contributed by atoms with E-state index in [4.69, 9.17) is 9.97 Å². The number of rotatable bonds is 3. The summed E-state index contributed by atoms with van der Waals surface area (Å²) in [5.41, 5.74) is 7.70. The van der Waals surface area contributed by atoms with Crippen LogP contribution in [0.15, 0.2) is 121 Å². The molecular weight excluding hydrogens is 464 g/mol. The lowest BCUT2D eigenvalue weighted by Crippen LogP contribution is -2.03. The maximum absolute atomic E-state index is 5.22. The molecule has 3 aromatic heterocycles. The van der Waals surface area contributed by atoms with Crippen LogP contribution in [0.5, 0.6) is 0 Å². The van der Waals surface area contributed by atoms with E-state index in [0.717, 1.165) is 46.0 Å². The van der Waals surface area contributed by atoms with Gasteiger partial charge in [0.1, 0.15) is 0 Å². The molecule has 8 rings (SSSR count). The summed E-state index contributed by atoms with van der Waals surface area (Å²) in [5.74, 6) is 0.686. The molecule has 0 spiro atoms. The second kappa shape index (κ2) is 8.29. The van der Waals surface area contributed by atoms with Gasteiger partial charge in [0.25, 0.3) is 0 Å². The summed E-state index contributed by atoms with van der Waals surface area (Å²) < 4.78 is 4.56. The number of aromatic nitrogens is 4. The van der Waals surface area contributed by atoms with Crippen molar-refractivity contribution in [1.82, 2.24) is 19.1 Å². The average Bonchev–Trinajstić information content (AvgIpc) is 3.55. The minimum atomic E-state index is 0.686. The van der Waals surface area contributed by atoms with Gasteiger partial charge < -0.3 is 4.57 Å². The van der Waals surface area contributed by atoms with Gasteiger partial charge in [-0.2, -0.15) is 0 Å². The van der Waals surface area contributed by atoms with E-state index in [9.17, 15) is 0 Å². The maximum atomic E-state index is 5.22. The monoisotopic (exact) mass is 488 g/mol. The van der Waals surface area contributed by atoms with E-state index in [2.05, 4.69) is 118 Å². The fourth-order valence-corrected chi connectivity index (χ4v) is 5.84. The molecule has 1 aliphatic rings. The third-order valence-electron chi connectivity index (χ3n) is 7.62. The van der Waals surface area contributed by atoms with Crippen molar-refractivity contribution in [1.29, 1.82) is 0 Å². The van der Waals surface area contributed by atoms with Crippen LogP contribution in [0.2, 0.25) is 0 Å². The van der Waals surface area contributed by atoms with Crippen molar-refractivity contribution in [3.63, 3.8) is 0 Å². The molecule has 4 heteroatoms. The molecule has 0 bridgehead atoms. The standard InChI is InChI=1S/C34H24N4/c1-3-11-23(12-4-1)33-27-16-7-9-17-29(27)35-34(36-33)38-30-18-10-8-15-26(30)28-21-24-19-20-37(31(24)22-32(28)38)25-13-5-2-6-14-25/h1-5,7-13,15-22H,6,14H2. The van der Waals surface area contributed by atoms with Crippen molar-refractivity contribution in [2.24, 2.45) is 0 Å². The molecule has 180 valence electrons. The Labute approximate surface area is 219 Å². The third-order valence-corrected chi connectivity index (χ3v) is 7.62. The second-order valence-corrected chi connectivity index (χ2v) is 9.85. The van der Waals surface area contributed by atoms with Crippen molar-refractivity contribution in [3.8, 4) is 17.2 Å². The van der Waals surface area contributed by atoms with E-state index in [1.807, 2.05) is 12.1 Å². The van der Waals surface area contributed by atoms with Crippen LogP contribution in [0.3, 0.4) is 0 Å². The summed E-state index contributed by atoms with van der Waals surface area (Å²) in [6, 6.07) is 34.1. The van der Waals surface area contributed by atoms with Gasteiger partial charge in [-0.15, -0.1) is 0 Å². The highest BCUT2D eigenvalue weighted by Crippen LogP contribution is 2.37. The van der Waals surface area contributed by atoms with Gasteiger partial charge in [-0.3, -0.25) is 4.57 Å². The Morgan fingerprint density at radius 1 is 0.658 bits per heavy atom. The molecule has 0 N–H and O–H groups in total. The third kappa shape index (κ3) is 3.17. The van der Waals surface area contributed by atoms with E-state index in [1.165, 1.54) is 27.4 Å². The molecule has 0 saturated carbocycles. The van der Waals surface area contributed by atoms with Crippen LogP contribution in [-0.4, -0.2) is 19.1 Å². The van der Waals surface area contributed by atoms with Gasteiger partial charge in [-0.25, -0.2) is 9.97 Å². The molecule has 0 radical (unpaired) electrons. The van der Waals surface area contributed by atoms with Crippen molar-refractivity contribution in [3.05, 3.63) is 121 Å². The lowest BCUT2D eigenvalue weighted by atomic mass is 10.1. The topological polar surface area (TPSA) is 35.6 Å². The largest absolute Gasteiger partial charge is 0.320 e. The van der Waals surface area contributed by atoms with E-state index in [1.54, 1.807) is 0 Å². The molecule has 38 heavy (non-hydrogen) atoms. The minimum absolute atomic E-state index is 0.686. The van der Waals surface area contributed by atoms with Gasteiger partial charge in [0.05, 0.1) is 27.8 Å². The minimum Gasteiger partial charge on any atom is -0.320 e. The highest BCUT2D eigenvalue weighted by Gasteiger charge is 2.19. The zero-order valence-corrected chi connectivity index (χ0v) is 20.8. The molecule has 4 nitrogen and oxygen atoms in total. The van der Waals surface area contributed by atoms with Crippen molar-refractivity contribution in [2.45, 2.75) is 12.8 Å². The molecule has 4 aromatic carbocycles. The van der Waals surface area contributed by atoms with Gasteiger partial charge in [0.15, 0.2) is 0 Å². The van der Waals surface area contributed by atoms with Gasteiger partial charge in [0.2, 0.25) is 5.95 Å². The molecule has 0 saturated heterocycles. The first-order valence-electron chi connectivity index (χ1n) is 13.1. The van der Waals surface area contributed by atoms with Crippen LogP contribution < -0.4 is 0 Å². The molecule has 0 unspecified atom stereocenters. The van der Waals surface area contributed by atoms with Crippen LogP contribution in [0.25, 0.3) is 66.5 Å². The molecule has 1 aliphatic carbocycles. The van der Waals surface area contributed by atoms with Crippen LogP contribution >= 0.6 is 0 Å². The Balaban J connectivity index is 1.47. The normalized spacial score (nSPS) is 13.6. The summed E-state index contributed by atoms with van der Waals surface area (Å²) in [6.45, 7) is 0. The van der Waals surface area contributed by atoms with Crippen molar-refractivity contribution in [2.75, 3.05) is 0 Å². The Morgan fingerprint density at radius 2 is 1.47 bits per heavy atom. The molecule has 0 fully saturated rings. The fourth-order valence-electron chi connectivity index (χ4n) is 5.84. The SMILES string of the molecule is C1=CCCC(n2ccc3cc4c5ccccc5n(-c5nc(-c6ccccc6)c6ccccc6n5)c4cc32)=C1. The maximum Gasteiger partial charge on any atom is 0.235 e. The zero-order chi connectivity index (χ0) is 25.1. The fraction of sp³-hybridized carbons (Fsp3) is 0.0588. The van der Waals surface area contributed by atoms with Crippen LogP contribution in [0.1, 0.15) is 12.8 Å². The average molecular weight is 489 g/mol. The predicted octanol–water partition coefficient (Wildman–Crippen LogP) is 8.54. The predicted molar refractivity (Wildman–Crippen MR) is 157 cm³/mol. The Bertz CT molecular complexity index is 2070. The van der Waals surface area contributed by atoms with Crippen LogP contribution in [0, 0.1) is 0 Å². The summed E-state index contributed by atoms with van der Waals surface area (Å²) in [4.78, 5) is 10.3. The van der Waals surface area contributed by atoms with Crippen LogP contribution in [-0.2, 0) is 0 Å². The molecule has 0 aliphatic heterocycles. The van der Waals surface area contributed by atoms with E-state index >= 15 is 0 Å². The molecule has 0 amide bonds. The molecule has 0 atom stereocenters. The Morgan fingerprint density at radius 3 is 2.34 bits per heavy atom. The van der Waals surface area contributed by atoms with Crippen molar-refractivity contribution >= 4 is 49.3 Å². The molecule has 3 heterocycles. The lowest BCUT2D eigenvalue weighted by molar-refractivity contribution is 0.963. The van der Waals surface area contributed by atoms with Gasteiger partial charge >= 0.3 is 0 Å². The number of nitrogens with zero attached hydrogens (tertiary/aromatic N) is 4. The van der Waals surface area contributed by atoms with Gasteiger partial charge in [0, 0.05) is 39.0 Å². The smallest absolute Gasteiger partial charge is 0.235 e. The van der Waals surface area contributed by atoms with Crippen LogP contribution in [0.4, 0.5) is 0 Å². The number of hydrogen-bond acceptors (Lipinski definition) is 2. The number of benzene rings is 4. The van der Waals surface area contributed by atoms with Gasteiger partial charge in [-0.1, -0.05) is 78.9 Å². The summed E-state index contributed by atoms with van der Waals surface area (Å²) in [5, 5.41) is 4.70. The summed E-state index contributed by atoms with van der Waals surface area (Å²) in [6.07, 6.45) is 10.9. The lowest BCUT2D eigenvalue weighted by Gasteiger charge is -2.13. The van der Waals surface area contributed by atoms with E-state index in [-0.39, 0.29) is 0 Å². The highest BCUT2D eigenvalue weighted by molar-refractivity contribution is 6.13.